The molecule has 0 fully saturated rings. The molecule has 0 amide bonds. The maximum absolute atomic E-state index is 6.64. The highest BCUT2D eigenvalue weighted by molar-refractivity contribution is 6.60. The summed E-state index contributed by atoms with van der Waals surface area (Å²) in [5.74, 6) is 3.32. The van der Waals surface area contributed by atoms with Gasteiger partial charge in [0, 0.05) is 25.8 Å². The van der Waals surface area contributed by atoms with Gasteiger partial charge in [-0.2, -0.15) is 0 Å². The van der Waals surface area contributed by atoms with E-state index in [4.69, 9.17) is 13.3 Å². The Morgan fingerprint density at radius 3 is 1.14 bits per heavy atom. The van der Waals surface area contributed by atoms with Gasteiger partial charge in [-0.3, -0.25) is 0 Å². The average Bonchev–Trinajstić information content (AvgIpc) is 2.62. The lowest BCUT2D eigenvalue weighted by atomic mass is 10.1. The van der Waals surface area contributed by atoms with Crippen molar-refractivity contribution in [3.63, 3.8) is 0 Å². The van der Waals surface area contributed by atoms with Gasteiger partial charge in [-0.25, -0.2) is 0 Å². The molecule has 0 saturated heterocycles. The molecule has 29 heavy (non-hydrogen) atoms. The number of hydrogen-bond acceptors (Lipinski definition) is 3. The Morgan fingerprint density at radius 2 is 0.793 bits per heavy atom. The van der Waals surface area contributed by atoms with Crippen molar-refractivity contribution in [2.45, 2.75) is 122 Å². The molecule has 0 aromatic carbocycles. The highest BCUT2D eigenvalue weighted by Gasteiger charge is 2.44. The SMILES string of the molecule is C[Si](O/C1=C/CCCCCC1)(O/C1=C/CCCCCC1)O/C1=C/CCCCCC1. The molecule has 0 spiro atoms. The van der Waals surface area contributed by atoms with Gasteiger partial charge in [-0.1, -0.05) is 38.5 Å². The van der Waals surface area contributed by atoms with Crippen LogP contribution in [0.4, 0.5) is 0 Å². The van der Waals surface area contributed by atoms with Crippen LogP contribution < -0.4 is 0 Å². The van der Waals surface area contributed by atoms with Crippen LogP contribution in [0, 0.1) is 0 Å². The van der Waals surface area contributed by atoms with E-state index in [1.807, 2.05) is 0 Å². The predicted molar refractivity (Wildman–Crippen MR) is 122 cm³/mol. The second-order valence-electron chi connectivity index (χ2n) is 9.04. The fourth-order valence-corrected chi connectivity index (χ4v) is 6.65. The standard InChI is InChI=1S/C25H42O3Si/c1-29(26-23-17-11-5-2-6-12-18-23,27-24-19-13-7-3-8-14-20-24)28-25-21-15-9-4-10-16-22-25/h17,19,21H,2-16,18,20,22H2,1H3/b23-17+,24-19+,25-21+. The van der Waals surface area contributed by atoms with Crippen molar-refractivity contribution in [2.75, 3.05) is 0 Å². The highest BCUT2D eigenvalue weighted by Crippen LogP contribution is 2.30. The van der Waals surface area contributed by atoms with E-state index in [9.17, 15) is 0 Å². The van der Waals surface area contributed by atoms with Gasteiger partial charge in [0.2, 0.25) is 0 Å². The highest BCUT2D eigenvalue weighted by atomic mass is 28.4. The molecule has 4 heteroatoms. The van der Waals surface area contributed by atoms with E-state index in [0.29, 0.717) is 0 Å². The number of hydrogen-bond donors (Lipinski definition) is 0. The van der Waals surface area contributed by atoms with Crippen molar-refractivity contribution in [3.05, 3.63) is 35.5 Å². The van der Waals surface area contributed by atoms with Crippen LogP contribution in [0.15, 0.2) is 35.5 Å². The van der Waals surface area contributed by atoms with Crippen molar-refractivity contribution in [3.8, 4) is 0 Å². The summed E-state index contributed by atoms with van der Waals surface area (Å²) in [6.07, 6.45) is 28.7. The van der Waals surface area contributed by atoms with Gasteiger partial charge in [0.25, 0.3) is 0 Å². The Morgan fingerprint density at radius 1 is 0.483 bits per heavy atom. The fraction of sp³-hybridized carbons (Fsp3) is 0.760. The quantitative estimate of drug-likeness (QED) is 0.406. The molecule has 3 aliphatic carbocycles. The first-order chi connectivity index (χ1) is 14.2. The largest absolute Gasteiger partial charge is 0.695 e. The third-order valence-corrected chi connectivity index (χ3v) is 8.10. The molecule has 3 rings (SSSR count). The van der Waals surface area contributed by atoms with E-state index >= 15 is 0 Å². The lowest BCUT2D eigenvalue weighted by molar-refractivity contribution is 0.135. The van der Waals surface area contributed by atoms with E-state index < -0.39 is 8.80 Å². The second kappa shape index (κ2) is 12.5. The summed E-state index contributed by atoms with van der Waals surface area (Å²) in [6, 6.07) is 0. The molecule has 0 saturated carbocycles. The Balaban J connectivity index is 1.74. The molecule has 0 aromatic rings. The normalized spacial score (nSPS) is 28.2. The summed E-state index contributed by atoms with van der Waals surface area (Å²) in [5, 5.41) is 0. The molecule has 3 nitrogen and oxygen atoms in total. The van der Waals surface area contributed by atoms with Crippen LogP contribution in [0.3, 0.4) is 0 Å². The molecule has 0 unspecified atom stereocenters. The first-order valence-electron chi connectivity index (χ1n) is 12.4. The van der Waals surface area contributed by atoms with Crippen LogP contribution in [-0.2, 0) is 13.3 Å². The predicted octanol–water partition coefficient (Wildman–Crippen LogP) is 8.32. The van der Waals surface area contributed by atoms with E-state index in [1.165, 1.54) is 77.0 Å². The molecule has 0 atom stereocenters. The topological polar surface area (TPSA) is 27.7 Å². The minimum atomic E-state index is -2.83. The van der Waals surface area contributed by atoms with Crippen LogP contribution in [0.5, 0.6) is 0 Å². The maximum Gasteiger partial charge on any atom is 0.695 e. The Bertz CT molecular complexity index is 500. The molecule has 0 N–H and O–H groups in total. The fourth-order valence-electron chi connectivity index (χ4n) is 4.54. The van der Waals surface area contributed by atoms with E-state index in [0.717, 1.165) is 55.8 Å². The zero-order chi connectivity index (χ0) is 20.2. The average molecular weight is 419 g/mol. The van der Waals surface area contributed by atoms with Crippen molar-refractivity contribution >= 4 is 8.80 Å². The maximum atomic E-state index is 6.64. The van der Waals surface area contributed by atoms with E-state index in [1.54, 1.807) is 0 Å². The zero-order valence-electron chi connectivity index (χ0n) is 18.7. The van der Waals surface area contributed by atoms with Crippen molar-refractivity contribution in [1.29, 1.82) is 0 Å². The lowest BCUT2D eigenvalue weighted by Crippen LogP contribution is -2.42. The zero-order valence-corrected chi connectivity index (χ0v) is 19.7. The molecule has 0 aromatic heterocycles. The van der Waals surface area contributed by atoms with Crippen LogP contribution in [0.1, 0.15) is 116 Å². The van der Waals surface area contributed by atoms with Gasteiger partial charge >= 0.3 is 8.80 Å². The third kappa shape index (κ3) is 8.61. The summed E-state index contributed by atoms with van der Waals surface area (Å²) in [5.41, 5.74) is 0. The molecule has 0 radical (unpaired) electrons. The summed E-state index contributed by atoms with van der Waals surface area (Å²) < 4.78 is 19.9. The monoisotopic (exact) mass is 418 g/mol. The van der Waals surface area contributed by atoms with Gasteiger partial charge < -0.3 is 13.3 Å². The molecule has 0 heterocycles. The molecule has 3 aliphatic rings. The van der Waals surface area contributed by atoms with E-state index in [-0.39, 0.29) is 0 Å². The second-order valence-corrected chi connectivity index (χ2v) is 11.4. The van der Waals surface area contributed by atoms with Crippen molar-refractivity contribution in [2.24, 2.45) is 0 Å². The first kappa shape index (κ1) is 22.5. The minimum Gasteiger partial charge on any atom is -0.488 e. The van der Waals surface area contributed by atoms with Crippen molar-refractivity contribution in [1.82, 2.24) is 0 Å². The van der Waals surface area contributed by atoms with Gasteiger partial charge in [-0.15, -0.1) is 0 Å². The molecule has 0 bridgehead atoms. The van der Waals surface area contributed by atoms with Crippen LogP contribution in [0.25, 0.3) is 0 Å². The van der Waals surface area contributed by atoms with Gasteiger partial charge in [0.15, 0.2) is 0 Å². The van der Waals surface area contributed by atoms with Crippen molar-refractivity contribution < 1.29 is 13.3 Å². The van der Waals surface area contributed by atoms with Gasteiger partial charge in [-0.05, 0) is 76.0 Å². The summed E-state index contributed by atoms with van der Waals surface area (Å²) in [4.78, 5) is 0. The summed E-state index contributed by atoms with van der Waals surface area (Å²) in [7, 11) is -2.83. The van der Waals surface area contributed by atoms with Crippen LogP contribution in [0.2, 0.25) is 6.55 Å². The van der Waals surface area contributed by atoms with Gasteiger partial charge in [0.1, 0.15) is 0 Å². The minimum absolute atomic E-state index is 1.02. The number of allylic oxidation sites excluding steroid dienone is 6. The Kier molecular flexibility index (Phi) is 9.72. The Labute approximate surface area is 180 Å². The molecule has 0 aliphatic heterocycles. The first-order valence-corrected chi connectivity index (χ1v) is 14.6. The van der Waals surface area contributed by atoms with Gasteiger partial charge in [0.05, 0.1) is 17.3 Å². The molecule has 164 valence electrons. The smallest absolute Gasteiger partial charge is 0.488 e. The van der Waals surface area contributed by atoms with E-state index in [2.05, 4.69) is 24.8 Å². The van der Waals surface area contributed by atoms with Crippen LogP contribution in [-0.4, -0.2) is 8.80 Å². The summed E-state index contributed by atoms with van der Waals surface area (Å²) in [6.45, 7) is 2.12. The van der Waals surface area contributed by atoms with Crippen LogP contribution >= 0.6 is 0 Å². The Hall–Kier alpha value is -1.16. The number of rotatable bonds is 6. The summed E-state index contributed by atoms with van der Waals surface area (Å²) >= 11 is 0. The molecular formula is C25H42O3Si. The lowest BCUT2D eigenvalue weighted by Gasteiger charge is -2.31. The third-order valence-electron chi connectivity index (χ3n) is 6.20. The molecular weight excluding hydrogens is 376 g/mol.